The zero-order valence-electron chi connectivity index (χ0n) is 37.8. The molecule has 67 heavy (non-hydrogen) atoms. The van der Waals surface area contributed by atoms with Gasteiger partial charge < -0.3 is 35.5 Å². The van der Waals surface area contributed by atoms with E-state index in [4.69, 9.17) is 25.8 Å². The van der Waals surface area contributed by atoms with Crippen LogP contribution in [0.25, 0.3) is 11.1 Å². The summed E-state index contributed by atoms with van der Waals surface area (Å²) in [5.41, 5.74) is 8.35. The number of ether oxygens (including phenoxy) is 3. The molecule has 1 heterocycles. The second-order valence-electron chi connectivity index (χ2n) is 16.5. The highest BCUT2D eigenvalue weighted by atomic mass is 35.5. The molecule has 1 aliphatic rings. The van der Waals surface area contributed by atoms with E-state index in [1.807, 2.05) is 61.5 Å². The first-order valence-electron chi connectivity index (χ1n) is 21.9. The molecule has 4 aromatic carbocycles. The average Bonchev–Trinajstić information content (AvgIpc) is 3.91. The van der Waals surface area contributed by atoms with Crippen LogP contribution >= 0.6 is 34.7 Å². The Labute approximate surface area is 404 Å². The number of rotatable bonds is 21. The second kappa shape index (κ2) is 24.4. The van der Waals surface area contributed by atoms with Gasteiger partial charge in [-0.25, -0.2) is 15.0 Å². The third-order valence-corrected chi connectivity index (χ3v) is 12.7. The van der Waals surface area contributed by atoms with E-state index in [2.05, 4.69) is 56.1 Å². The quantitative estimate of drug-likeness (QED) is 0.0273. The molecule has 5 amide bonds. The lowest BCUT2D eigenvalue weighted by Gasteiger charge is -2.24. The predicted molar refractivity (Wildman–Crippen MR) is 264 cm³/mol. The fourth-order valence-electron chi connectivity index (χ4n) is 7.16. The van der Waals surface area contributed by atoms with Crippen molar-refractivity contribution in [3.8, 4) is 16.9 Å². The normalized spacial score (nSPS) is 12.5. The minimum atomic E-state index is -0.986. The maximum Gasteiger partial charge on any atom is 0.407 e. The van der Waals surface area contributed by atoms with Crippen molar-refractivity contribution in [2.24, 2.45) is 5.10 Å². The van der Waals surface area contributed by atoms with Crippen LogP contribution in [-0.4, -0.2) is 79.3 Å². The zero-order valence-corrected chi connectivity index (χ0v) is 40.2. The lowest BCUT2D eigenvalue weighted by molar-refractivity contribution is -0.155. The summed E-state index contributed by atoms with van der Waals surface area (Å²) in [6.45, 7) is 8.08. The molecule has 0 unspecified atom stereocenters. The van der Waals surface area contributed by atoms with Crippen LogP contribution in [0.5, 0.6) is 5.75 Å². The molecule has 0 radical (unpaired) electrons. The van der Waals surface area contributed by atoms with Gasteiger partial charge >= 0.3 is 18.1 Å². The van der Waals surface area contributed by atoms with Crippen LogP contribution in [0, 0.1) is 0 Å². The second-order valence-corrected chi connectivity index (χ2v) is 19.0. The maximum absolute atomic E-state index is 13.9. The molecule has 14 nitrogen and oxygen atoms in total. The minimum absolute atomic E-state index is 0.0828. The number of alkyl carbamates (subject to hydrolysis) is 1. The standard InChI is InChI=1S/C50H55ClN6O8S2/c1-5-52-45(58)29-63-34-20-18-32(19-21-34)24-25-53-48(61)57-56-43(31-66-30-33-12-6-11-17-41(33)51)42(26-46(59)65-50(2,3)4)55-47(60)44-23-22-35(67-44)27-54-49(62)64-28-40-38-15-9-7-13-36(38)37-14-8-10-16-39(37)40/h6-23,40,42H,5,24-31H2,1-4H3,(H,52,58)(H,54,62)(H,55,60)(H2,53,57,61)/b56-43+/t42-/m0/s1. The molecule has 0 spiro atoms. The molecule has 1 atom stereocenters. The molecule has 0 saturated heterocycles. The number of hydrogen-bond donors (Lipinski definition) is 5. The molecule has 352 valence electrons. The highest BCUT2D eigenvalue weighted by Crippen LogP contribution is 2.44. The number of thiophene rings is 1. The number of hydrogen-bond acceptors (Lipinski definition) is 11. The van der Waals surface area contributed by atoms with Crippen LogP contribution in [0.2, 0.25) is 5.02 Å². The Morgan fingerprint density at radius 3 is 2.21 bits per heavy atom. The molecule has 6 rings (SSSR count). The van der Waals surface area contributed by atoms with E-state index in [0.29, 0.717) is 45.0 Å². The molecule has 5 N–H and O–H groups in total. The number of carbonyl (C=O) groups excluding carboxylic acids is 5. The lowest BCUT2D eigenvalue weighted by Crippen LogP contribution is -2.45. The third kappa shape index (κ3) is 15.3. The molecular weight excluding hydrogens is 912 g/mol. The number of fused-ring (bicyclic) bond motifs is 3. The number of nitrogens with one attached hydrogen (secondary N) is 5. The van der Waals surface area contributed by atoms with Crippen LogP contribution in [-0.2, 0) is 37.8 Å². The van der Waals surface area contributed by atoms with E-state index in [0.717, 1.165) is 33.4 Å². The molecule has 0 saturated carbocycles. The monoisotopic (exact) mass is 966 g/mol. The highest BCUT2D eigenvalue weighted by molar-refractivity contribution is 7.99. The number of benzene rings is 4. The van der Waals surface area contributed by atoms with Gasteiger partial charge in [-0.15, -0.1) is 11.3 Å². The minimum Gasteiger partial charge on any atom is -0.484 e. The Morgan fingerprint density at radius 1 is 0.836 bits per heavy atom. The van der Waals surface area contributed by atoms with E-state index < -0.39 is 35.6 Å². The first kappa shape index (κ1) is 50.1. The number of amides is 5. The molecule has 0 aliphatic heterocycles. The third-order valence-electron chi connectivity index (χ3n) is 10.3. The van der Waals surface area contributed by atoms with E-state index in [9.17, 15) is 24.0 Å². The van der Waals surface area contributed by atoms with E-state index in [1.165, 1.54) is 23.1 Å². The summed E-state index contributed by atoms with van der Waals surface area (Å²) in [5.74, 6) is -0.121. The van der Waals surface area contributed by atoms with Crippen molar-refractivity contribution in [1.29, 1.82) is 0 Å². The summed E-state index contributed by atoms with van der Waals surface area (Å²) < 4.78 is 16.9. The maximum atomic E-state index is 13.9. The Kier molecular flexibility index (Phi) is 18.2. The summed E-state index contributed by atoms with van der Waals surface area (Å²) in [5, 5.41) is 16.3. The van der Waals surface area contributed by atoms with Gasteiger partial charge in [-0.2, -0.15) is 16.9 Å². The van der Waals surface area contributed by atoms with Crippen LogP contribution in [0.15, 0.2) is 114 Å². The molecule has 0 fully saturated rings. The van der Waals surface area contributed by atoms with E-state index in [1.54, 1.807) is 51.1 Å². The fourth-order valence-corrected chi connectivity index (χ4v) is 9.34. The van der Waals surface area contributed by atoms with Crippen molar-refractivity contribution in [3.63, 3.8) is 0 Å². The summed E-state index contributed by atoms with van der Waals surface area (Å²) in [6.07, 6.45) is -0.363. The van der Waals surface area contributed by atoms with Crippen molar-refractivity contribution < 1.29 is 38.2 Å². The first-order chi connectivity index (χ1) is 32.3. The molecule has 1 aromatic heterocycles. The number of halogens is 1. The molecule has 0 bridgehead atoms. The van der Waals surface area contributed by atoms with Gasteiger partial charge in [0.05, 0.1) is 29.6 Å². The van der Waals surface area contributed by atoms with Gasteiger partial charge in [0.15, 0.2) is 6.61 Å². The summed E-state index contributed by atoms with van der Waals surface area (Å²) in [4.78, 5) is 66.1. The van der Waals surface area contributed by atoms with Crippen LogP contribution in [0.1, 0.15) is 76.8 Å². The Balaban J connectivity index is 1.09. The summed E-state index contributed by atoms with van der Waals surface area (Å²) >= 11 is 9.07. The van der Waals surface area contributed by atoms with Gasteiger partial charge in [0.2, 0.25) is 0 Å². The number of esters is 1. The van der Waals surface area contributed by atoms with Gasteiger partial charge in [0.1, 0.15) is 18.0 Å². The molecular formula is C50H55ClN6O8S2. The fraction of sp³-hybridized carbons (Fsp3) is 0.320. The number of thioether (sulfide) groups is 1. The summed E-state index contributed by atoms with van der Waals surface area (Å²) in [6, 6.07) is 32.7. The number of nitrogens with zero attached hydrogens (tertiary/aromatic N) is 1. The Bertz CT molecular complexity index is 2500. The van der Waals surface area contributed by atoms with Crippen molar-refractivity contribution in [3.05, 3.63) is 146 Å². The highest BCUT2D eigenvalue weighted by Gasteiger charge is 2.30. The Hall–Kier alpha value is -6.36. The van der Waals surface area contributed by atoms with Crippen molar-refractivity contribution in [1.82, 2.24) is 26.7 Å². The largest absolute Gasteiger partial charge is 0.484 e. The van der Waals surface area contributed by atoms with Crippen LogP contribution < -0.4 is 31.4 Å². The smallest absolute Gasteiger partial charge is 0.407 e. The molecule has 1 aliphatic carbocycles. The number of hydrazone groups is 1. The van der Waals surface area contributed by atoms with Gasteiger partial charge in [0.25, 0.3) is 11.8 Å². The molecule has 17 heteroatoms. The number of urea groups is 1. The number of likely N-dealkylation sites (N-methyl/N-ethyl adjacent to an activating group) is 1. The predicted octanol–water partition coefficient (Wildman–Crippen LogP) is 8.62. The van der Waals surface area contributed by atoms with Gasteiger partial charge in [-0.3, -0.25) is 14.4 Å². The first-order valence-corrected chi connectivity index (χ1v) is 24.2. The Morgan fingerprint density at radius 2 is 1.52 bits per heavy atom. The lowest BCUT2D eigenvalue weighted by atomic mass is 9.98. The number of carbonyl (C=O) groups is 5. The zero-order chi connectivity index (χ0) is 47.8. The van der Waals surface area contributed by atoms with Crippen LogP contribution in [0.3, 0.4) is 0 Å². The molecule has 5 aromatic rings. The van der Waals surface area contributed by atoms with E-state index >= 15 is 0 Å². The SMILES string of the molecule is CCNC(=O)COc1ccc(CCNC(=O)N/N=C(\CSCc2ccccc2Cl)[C@H](CC(=O)OC(C)(C)C)NC(=O)c2ccc(CNC(=O)OCC3c4ccccc4-c4ccccc43)s2)cc1. The van der Waals surface area contributed by atoms with Crippen molar-refractivity contribution >= 4 is 70.3 Å². The van der Waals surface area contributed by atoms with E-state index in [-0.39, 0.29) is 50.3 Å². The van der Waals surface area contributed by atoms with Crippen molar-refractivity contribution in [2.45, 2.75) is 70.4 Å². The van der Waals surface area contributed by atoms with Crippen molar-refractivity contribution in [2.75, 3.05) is 32.1 Å². The van der Waals surface area contributed by atoms with Gasteiger partial charge in [0, 0.05) is 40.4 Å². The average molecular weight is 968 g/mol. The summed E-state index contributed by atoms with van der Waals surface area (Å²) in [7, 11) is 0. The topological polar surface area (TPSA) is 186 Å². The van der Waals surface area contributed by atoms with Crippen LogP contribution in [0.4, 0.5) is 9.59 Å². The van der Waals surface area contributed by atoms with Gasteiger partial charge in [-0.05, 0) is 97.8 Å². The van der Waals surface area contributed by atoms with Gasteiger partial charge in [-0.1, -0.05) is 90.5 Å².